The van der Waals surface area contributed by atoms with Crippen molar-refractivity contribution >= 4 is 31.9 Å². The standard InChI is InChI=1S/C11H16N2O5S2/c1-7(14)10-5-9(13(15)16)11(19-10)12(2)8-3-4-20(17,18)6-8/h5,7-8,14H,3-4,6H2,1-2H3. The fraction of sp³-hybridized carbons (Fsp3) is 0.636. The Balaban J connectivity index is 2.34. The third kappa shape index (κ3) is 2.94. The van der Waals surface area contributed by atoms with Gasteiger partial charge in [-0.05, 0) is 13.3 Å². The van der Waals surface area contributed by atoms with Gasteiger partial charge in [0.1, 0.15) is 0 Å². The number of sulfone groups is 1. The molecule has 2 rings (SSSR count). The molecule has 1 aliphatic heterocycles. The summed E-state index contributed by atoms with van der Waals surface area (Å²) in [7, 11) is -1.38. The van der Waals surface area contributed by atoms with Crippen LogP contribution in [0.15, 0.2) is 6.07 Å². The molecule has 0 radical (unpaired) electrons. The third-order valence-electron chi connectivity index (χ3n) is 3.40. The van der Waals surface area contributed by atoms with Crippen molar-refractivity contribution in [2.24, 2.45) is 0 Å². The largest absolute Gasteiger partial charge is 0.388 e. The maximum absolute atomic E-state index is 11.5. The molecule has 0 spiro atoms. The maximum atomic E-state index is 11.5. The van der Waals surface area contributed by atoms with E-state index in [1.165, 1.54) is 6.07 Å². The Morgan fingerprint density at radius 1 is 1.60 bits per heavy atom. The van der Waals surface area contributed by atoms with Crippen LogP contribution >= 0.6 is 11.3 Å². The molecule has 1 aromatic rings. The molecule has 1 N–H and O–H groups in total. The van der Waals surface area contributed by atoms with Crippen LogP contribution in [-0.2, 0) is 9.84 Å². The van der Waals surface area contributed by atoms with Gasteiger partial charge in [0, 0.05) is 24.0 Å². The summed E-state index contributed by atoms with van der Waals surface area (Å²) in [5.41, 5.74) is -0.0855. The molecule has 0 amide bonds. The number of anilines is 1. The smallest absolute Gasteiger partial charge is 0.304 e. The predicted octanol–water partition coefficient (Wildman–Crippen LogP) is 1.33. The molecule has 2 unspecified atom stereocenters. The Bertz CT molecular complexity index is 623. The molecule has 1 aromatic heterocycles. The molecule has 0 bridgehead atoms. The molecule has 0 aliphatic carbocycles. The summed E-state index contributed by atoms with van der Waals surface area (Å²) in [5.74, 6) is 0.132. The van der Waals surface area contributed by atoms with E-state index in [-0.39, 0.29) is 23.2 Å². The maximum Gasteiger partial charge on any atom is 0.304 e. The highest BCUT2D eigenvalue weighted by Crippen LogP contribution is 2.41. The number of nitro groups is 1. The van der Waals surface area contributed by atoms with Gasteiger partial charge < -0.3 is 10.0 Å². The van der Waals surface area contributed by atoms with E-state index < -0.39 is 20.9 Å². The number of nitrogens with zero attached hydrogens (tertiary/aromatic N) is 2. The van der Waals surface area contributed by atoms with E-state index in [0.29, 0.717) is 16.3 Å². The number of hydrogen-bond donors (Lipinski definition) is 1. The monoisotopic (exact) mass is 320 g/mol. The summed E-state index contributed by atoms with van der Waals surface area (Å²) in [5, 5.41) is 21.0. The molecule has 2 heterocycles. The van der Waals surface area contributed by atoms with Gasteiger partial charge in [-0.25, -0.2) is 8.42 Å². The molecule has 0 aromatic carbocycles. The van der Waals surface area contributed by atoms with Crippen molar-refractivity contribution in [1.82, 2.24) is 0 Å². The lowest BCUT2D eigenvalue weighted by Crippen LogP contribution is -2.32. The third-order valence-corrected chi connectivity index (χ3v) is 6.53. The van der Waals surface area contributed by atoms with Gasteiger partial charge in [-0.1, -0.05) is 0 Å². The van der Waals surface area contributed by atoms with Crippen molar-refractivity contribution in [3.05, 3.63) is 21.1 Å². The van der Waals surface area contributed by atoms with E-state index in [2.05, 4.69) is 0 Å². The molecule has 0 saturated carbocycles. The fourth-order valence-electron chi connectivity index (χ4n) is 2.23. The minimum absolute atomic E-state index is 0.0164. The van der Waals surface area contributed by atoms with Gasteiger partial charge in [0.05, 0.1) is 22.5 Å². The lowest BCUT2D eigenvalue weighted by atomic mass is 10.2. The minimum Gasteiger partial charge on any atom is -0.388 e. The first-order valence-corrected chi connectivity index (χ1v) is 8.74. The summed E-state index contributed by atoms with van der Waals surface area (Å²) in [6, 6.07) is 1.10. The van der Waals surface area contributed by atoms with E-state index >= 15 is 0 Å². The Morgan fingerprint density at radius 2 is 2.25 bits per heavy atom. The number of rotatable bonds is 4. The Kier molecular flexibility index (Phi) is 4.03. The highest BCUT2D eigenvalue weighted by molar-refractivity contribution is 7.91. The SMILES string of the molecule is CC(O)c1cc([N+](=O)[O-])c(N(C)C2CCS(=O)(=O)C2)s1. The molecule has 9 heteroatoms. The first kappa shape index (κ1) is 15.2. The lowest BCUT2D eigenvalue weighted by Gasteiger charge is -2.23. The van der Waals surface area contributed by atoms with Gasteiger partial charge in [-0.2, -0.15) is 0 Å². The Labute approximate surface area is 120 Å². The van der Waals surface area contributed by atoms with E-state index in [1.54, 1.807) is 18.9 Å². The van der Waals surface area contributed by atoms with Crippen LogP contribution < -0.4 is 4.90 Å². The van der Waals surface area contributed by atoms with Crippen LogP contribution in [0.25, 0.3) is 0 Å². The highest BCUT2D eigenvalue weighted by atomic mass is 32.2. The van der Waals surface area contributed by atoms with Gasteiger partial charge in [0.2, 0.25) is 0 Å². The topological polar surface area (TPSA) is 101 Å². The van der Waals surface area contributed by atoms with Gasteiger partial charge in [-0.3, -0.25) is 10.1 Å². The number of hydrogen-bond acceptors (Lipinski definition) is 7. The first-order valence-electron chi connectivity index (χ1n) is 6.10. The molecular formula is C11H16N2O5S2. The molecule has 1 saturated heterocycles. The Hall–Kier alpha value is -1.19. The van der Waals surface area contributed by atoms with E-state index in [4.69, 9.17) is 0 Å². The molecule has 112 valence electrons. The van der Waals surface area contributed by atoms with Gasteiger partial charge in [-0.15, -0.1) is 11.3 Å². The highest BCUT2D eigenvalue weighted by Gasteiger charge is 2.34. The summed E-state index contributed by atoms with van der Waals surface area (Å²) < 4.78 is 23.0. The van der Waals surface area contributed by atoms with Crippen LogP contribution in [0.2, 0.25) is 0 Å². The second-order valence-electron chi connectivity index (χ2n) is 4.94. The van der Waals surface area contributed by atoms with Gasteiger partial charge in [0.15, 0.2) is 14.8 Å². The summed E-state index contributed by atoms with van der Waals surface area (Å²) in [4.78, 5) is 12.7. The van der Waals surface area contributed by atoms with Crippen LogP contribution in [0.1, 0.15) is 24.3 Å². The zero-order valence-corrected chi connectivity index (χ0v) is 12.8. The number of thiophene rings is 1. The normalized spacial score (nSPS) is 22.6. The quantitative estimate of drug-likeness (QED) is 0.663. The minimum atomic E-state index is -3.05. The van der Waals surface area contributed by atoms with Crippen LogP contribution in [0.4, 0.5) is 10.7 Å². The Morgan fingerprint density at radius 3 is 2.70 bits per heavy atom. The predicted molar refractivity (Wildman–Crippen MR) is 77.1 cm³/mol. The van der Waals surface area contributed by atoms with Crippen molar-refractivity contribution < 1.29 is 18.4 Å². The molecule has 7 nitrogen and oxygen atoms in total. The second kappa shape index (κ2) is 5.30. The van der Waals surface area contributed by atoms with Crippen LogP contribution in [0, 0.1) is 10.1 Å². The summed E-state index contributed by atoms with van der Waals surface area (Å²) in [6.07, 6.45) is -0.314. The van der Waals surface area contributed by atoms with Crippen molar-refractivity contribution in [1.29, 1.82) is 0 Å². The van der Waals surface area contributed by atoms with Crippen LogP contribution in [-0.4, -0.2) is 43.0 Å². The fourth-order valence-corrected chi connectivity index (χ4v) is 5.10. The van der Waals surface area contributed by atoms with Crippen LogP contribution in [0.3, 0.4) is 0 Å². The van der Waals surface area contributed by atoms with Crippen molar-refractivity contribution in [2.75, 3.05) is 23.5 Å². The number of aliphatic hydroxyl groups is 1. The summed E-state index contributed by atoms with van der Waals surface area (Å²) in [6.45, 7) is 1.54. The molecule has 1 aliphatic rings. The van der Waals surface area contributed by atoms with Gasteiger partial charge >= 0.3 is 5.69 Å². The molecule has 1 fully saturated rings. The van der Waals surface area contributed by atoms with Crippen molar-refractivity contribution in [3.63, 3.8) is 0 Å². The first-order chi connectivity index (χ1) is 9.21. The van der Waals surface area contributed by atoms with Gasteiger partial charge in [0.25, 0.3) is 0 Å². The zero-order valence-electron chi connectivity index (χ0n) is 11.1. The number of aliphatic hydroxyl groups excluding tert-OH is 1. The molecule has 2 atom stereocenters. The average molecular weight is 320 g/mol. The van der Waals surface area contributed by atoms with Crippen LogP contribution in [0.5, 0.6) is 0 Å². The summed E-state index contributed by atoms with van der Waals surface area (Å²) >= 11 is 1.13. The molecular weight excluding hydrogens is 304 g/mol. The van der Waals surface area contributed by atoms with E-state index in [9.17, 15) is 23.6 Å². The second-order valence-corrected chi connectivity index (χ2v) is 8.23. The molecule has 20 heavy (non-hydrogen) atoms. The van der Waals surface area contributed by atoms with Crippen molar-refractivity contribution in [3.8, 4) is 0 Å². The van der Waals surface area contributed by atoms with E-state index in [0.717, 1.165) is 11.3 Å². The van der Waals surface area contributed by atoms with Crippen molar-refractivity contribution in [2.45, 2.75) is 25.5 Å². The lowest BCUT2D eigenvalue weighted by molar-refractivity contribution is -0.383. The zero-order chi connectivity index (χ0) is 15.1. The average Bonchev–Trinajstić information content (AvgIpc) is 2.91. The van der Waals surface area contributed by atoms with E-state index in [1.807, 2.05) is 0 Å².